The largest absolute Gasteiger partial charge is 0.353 e. The number of aromatic amines is 2. The molecule has 0 saturated heterocycles. The molecular formula is C24H15N5S. The second-order valence-corrected chi connectivity index (χ2v) is 7.77. The van der Waals surface area contributed by atoms with Crippen molar-refractivity contribution in [2.24, 2.45) is 0 Å². The molecule has 30 heavy (non-hydrogen) atoms. The third-order valence-corrected chi connectivity index (χ3v) is 5.86. The summed E-state index contributed by atoms with van der Waals surface area (Å²) < 4.78 is 0. The molecule has 1 aliphatic rings. The number of pyridine rings is 2. The second kappa shape index (κ2) is 6.81. The summed E-state index contributed by atoms with van der Waals surface area (Å²) in [5, 5.41) is 12.8. The van der Waals surface area contributed by atoms with Crippen LogP contribution in [0.5, 0.6) is 0 Å². The standard InChI is InChI=1S/C24H15N5S/c1-2-7-21-18(17(5-1)15-8-10-30-14-15)12-22(27-21)23-19-11-16(13-26-24(19)29-28-23)20-6-3-4-9-25-20/h1,3-14,27H,(H,26,28,29). The Kier molecular flexibility index (Phi) is 3.84. The highest BCUT2D eigenvalue weighted by Crippen LogP contribution is 2.35. The lowest BCUT2D eigenvalue weighted by Gasteiger charge is -2.02. The molecule has 0 radical (unpaired) electrons. The molecule has 5 aromatic rings. The van der Waals surface area contributed by atoms with Gasteiger partial charge in [0.2, 0.25) is 0 Å². The zero-order valence-electron chi connectivity index (χ0n) is 15.8. The van der Waals surface area contributed by atoms with Crippen LogP contribution in [0.4, 0.5) is 0 Å². The van der Waals surface area contributed by atoms with Crippen molar-refractivity contribution in [1.29, 1.82) is 0 Å². The molecule has 5 aromatic heterocycles. The third kappa shape index (κ3) is 2.75. The summed E-state index contributed by atoms with van der Waals surface area (Å²) in [6.45, 7) is 0. The van der Waals surface area contributed by atoms with Gasteiger partial charge >= 0.3 is 0 Å². The molecule has 6 rings (SSSR count). The van der Waals surface area contributed by atoms with E-state index in [9.17, 15) is 0 Å². The van der Waals surface area contributed by atoms with Crippen LogP contribution in [0.25, 0.3) is 45.3 Å². The monoisotopic (exact) mass is 405 g/mol. The number of hydrogen-bond acceptors (Lipinski definition) is 4. The maximum atomic E-state index is 4.56. The number of nitrogens with one attached hydrogen (secondary N) is 2. The van der Waals surface area contributed by atoms with E-state index in [-0.39, 0.29) is 0 Å². The van der Waals surface area contributed by atoms with Crippen molar-refractivity contribution in [2.75, 3.05) is 0 Å². The fourth-order valence-electron chi connectivity index (χ4n) is 3.74. The van der Waals surface area contributed by atoms with E-state index >= 15 is 0 Å². The van der Waals surface area contributed by atoms with Gasteiger partial charge in [-0.25, -0.2) is 4.98 Å². The highest BCUT2D eigenvalue weighted by atomic mass is 32.1. The minimum atomic E-state index is 0.749. The van der Waals surface area contributed by atoms with Crippen LogP contribution in [0.1, 0.15) is 16.8 Å². The Hall–Kier alpha value is -3.99. The summed E-state index contributed by atoms with van der Waals surface area (Å²) in [6.07, 6.45) is 9.64. The predicted octanol–water partition coefficient (Wildman–Crippen LogP) is 5.69. The van der Waals surface area contributed by atoms with Crippen molar-refractivity contribution < 1.29 is 0 Å². The van der Waals surface area contributed by atoms with Crippen LogP contribution in [0.15, 0.2) is 77.4 Å². The molecule has 5 heterocycles. The topological polar surface area (TPSA) is 70.2 Å². The Morgan fingerprint density at radius 2 is 2.03 bits per heavy atom. The molecule has 5 nitrogen and oxygen atoms in total. The van der Waals surface area contributed by atoms with Gasteiger partial charge in [0.25, 0.3) is 0 Å². The van der Waals surface area contributed by atoms with E-state index in [0.717, 1.165) is 44.9 Å². The Morgan fingerprint density at radius 3 is 2.90 bits per heavy atom. The lowest BCUT2D eigenvalue weighted by atomic mass is 10.0. The van der Waals surface area contributed by atoms with Crippen LogP contribution in [0, 0.1) is 0 Å². The molecule has 2 N–H and O–H groups in total. The third-order valence-electron chi connectivity index (χ3n) is 5.18. The van der Waals surface area contributed by atoms with Gasteiger partial charge in [-0.2, -0.15) is 16.4 Å². The number of thiophene rings is 1. The summed E-state index contributed by atoms with van der Waals surface area (Å²) >= 11 is 1.69. The maximum Gasteiger partial charge on any atom is 0.155 e. The minimum absolute atomic E-state index is 0.749. The van der Waals surface area contributed by atoms with E-state index in [1.54, 1.807) is 17.5 Å². The normalized spacial score (nSPS) is 12.7. The minimum Gasteiger partial charge on any atom is -0.353 e. The Bertz CT molecular complexity index is 1460. The van der Waals surface area contributed by atoms with E-state index in [1.807, 2.05) is 36.5 Å². The second-order valence-electron chi connectivity index (χ2n) is 6.99. The van der Waals surface area contributed by atoms with Gasteiger partial charge < -0.3 is 4.98 Å². The van der Waals surface area contributed by atoms with Gasteiger partial charge in [-0.15, -0.1) is 5.73 Å². The van der Waals surface area contributed by atoms with Crippen molar-refractivity contribution >= 4 is 34.0 Å². The number of H-pyrrole nitrogens is 2. The fraction of sp³-hybridized carbons (Fsp3) is 0. The van der Waals surface area contributed by atoms with Crippen LogP contribution in [0.2, 0.25) is 0 Å². The smallest absolute Gasteiger partial charge is 0.155 e. The molecule has 0 unspecified atom stereocenters. The van der Waals surface area contributed by atoms with Crippen molar-refractivity contribution in [3.63, 3.8) is 0 Å². The van der Waals surface area contributed by atoms with E-state index in [0.29, 0.717) is 0 Å². The van der Waals surface area contributed by atoms with Gasteiger partial charge in [0.05, 0.1) is 17.1 Å². The van der Waals surface area contributed by atoms with E-state index in [1.165, 1.54) is 11.1 Å². The van der Waals surface area contributed by atoms with E-state index in [4.69, 9.17) is 0 Å². The first-order valence-corrected chi connectivity index (χ1v) is 10.5. The van der Waals surface area contributed by atoms with Gasteiger partial charge in [0.15, 0.2) is 5.65 Å². The summed E-state index contributed by atoms with van der Waals surface area (Å²) in [7, 11) is 0. The number of aromatic nitrogens is 5. The van der Waals surface area contributed by atoms with Crippen LogP contribution in [-0.4, -0.2) is 25.1 Å². The molecule has 0 atom stereocenters. The zero-order chi connectivity index (χ0) is 19.9. The average molecular weight is 405 g/mol. The number of rotatable bonds is 3. The molecular weight excluding hydrogens is 390 g/mol. The van der Waals surface area contributed by atoms with E-state index in [2.05, 4.69) is 65.9 Å². The Morgan fingerprint density at radius 1 is 1.03 bits per heavy atom. The molecule has 0 spiro atoms. The molecule has 0 aromatic carbocycles. The quantitative estimate of drug-likeness (QED) is 0.379. The summed E-state index contributed by atoms with van der Waals surface area (Å²) in [5.74, 6) is 0. The highest BCUT2D eigenvalue weighted by molar-refractivity contribution is 7.08. The number of nitrogens with zero attached hydrogens (tertiary/aromatic N) is 3. The number of fused-ring (bicyclic) bond motifs is 2. The first-order valence-electron chi connectivity index (χ1n) is 9.51. The average Bonchev–Trinajstić information content (AvgIpc) is 3.52. The van der Waals surface area contributed by atoms with Crippen LogP contribution in [0.3, 0.4) is 0 Å². The van der Waals surface area contributed by atoms with Crippen LogP contribution >= 0.6 is 11.3 Å². The lowest BCUT2D eigenvalue weighted by molar-refractivity contribution is 1.09. The zero-order valence-corrected chi connectivity index (χ0v) is 16.6. The lowest BCUT2D eigenvalue weighted by Crippen LogP contribution is -1.85. The van der Waals surface area contributed by atoms with Gasteiger partial charge in [0.1, 0.15) is 5.69 Å². The molecule has 0 aliphatic heterocycles. The van der Waals surface area contributed by atoms with Gasteiger partial charge in [0, 0.05) is 35.0 Å². The van der Waals surface area contributed by atoms with Crippen LogP contribution in [-0.2, 0) is 0 Å². The predicted molar refractivity (Wildman–Crippen MR) is 121 cm³/mol. The fourth-order valence-corrected chi connectivity index (χ4v) is 4.40. The first kappa shape index (κ1) is 16.9. The summed E-state index contributed by atoms with van der Waals surface area (Å²) in [6, 6.07) is 12.2. The molecule has 1 aliphatic carbocycles. The van der Waals surface area contributed by atoms with Crippen LogP contribution < -0.4 is 0 Å². The van der Waals surface area contributed by atoms with Crippen molar-refractivity contribution in [1.82, 2.24) is 25.1 Å². The Balaban J connectivity index is 1.50. The highest BCUT2D eigenvalue weighted by Gasteiger charge is 2.18. The summed E-state index contributed by atoms with van der Waals surface area (Å²) in [5.41, 5.74) is 12.1. The van der Waals surface area contributed by atoms with Crippen molar-refractivity contribution in [3.05, 3.63) is 94.3 Å². The van der Waals surface area contributed by atoms with Gasteiger partial charge in [-0.3, -0.25) is 10.1 Å². The molecule has 6 heteroatoms. The molecule has 0 saturated carbocycles. The number of hydrogen-bond donors (Lipinski definition) is 2. The molecule has 0 bridgehead atoms. The van der Waals surface area contributed by atoms with E-state index < -0.39 is 0 Å². The Labute approximate surface area is 176 Å². The first-order chi connectivity index (χ1) is 14.9. The van der Waals surface area contributed by atoms with Crippen molar-refractivity contribution in [2.45, 2.75) is 0 Å². The maximum absolute atomic E-state index is 4.56. The van der Waals surface area contributed by atoms with Crippen molar-refractivity contribution in [3.8, 4) is 22.6 Å². The van der Waals surface area contributed by atoms with Gasteiger partial charge in [-0.1, -0.05) is 6.07 Å². The summed E-state index contributed by atoms with van der Waals surface area (Å²) in [4.78, 5) is 12.5. The number of allylic oxidation sites excluding steroid dienone is 2. The molecule has 0 fully saturated rings. The molecule has 142 valence electrons. The molecule has 0 amide bonds. The van der Waals surface area contributed by atoms with Gasteiger partial charge in [-0.05, 0) is 64.4 Å². The SMILES string of the molecule is C1=CC=C(c2ccsc2)c2cc(-c3n[nH]c4ncc(-c5ccccn5)cc34)[nH]c2C=1.